The van der Waals surface area contributed by atoms with E-state index >= 15 is 0 Å². The molecular weight excluding hydrogens is 218 g/mol. The summed E-state index contributed by atoms with van der Waals surface area (Å²) in [6, 6.07) is 17.5. The van der Waals surface area contributed by atoms with Crippen LogP contribution in [-0.4, -0.2) is 4.57 Å². The molecule has 18 heavy (non-hydrogen) atoms. The lowest BCUT2D eigenvalue weighted by molar-refractivity contribution is 1.11. The molecule has 0 unspecified atom stereocenters. The van der Waals surface area contributed by atoms with Gasteiger partial charge in [-0.3, -0.25) is 0 Å². The summed E-state index contributed by atoms with van der Waals surface area (Å²) in [5.74, 6) is 0. The molecule has 1 aromatic heterocycles. The van der Waals surface area contributed by atoms with Gasteiger partial charge >= 0.3 is 0 Å². The Balaban J connectivity index is 2.19. The first-order chi connectivity index (χ1) is 8.78. The fraction of sp³-hybridized carbons (Fsp3) is 0.176. The molecule has 0 saturated heterocycles. The van der Waals surface area contributed by atoms with Crippen molar-refractivity contribution in [3.05, 3.63) is 65.9 Å². The third-order valence-corrected chi connectivity index (χ3v) is 3.48. The van der Waals surface area contributed by atoms with E-state index in [0.29, 0.717) is 0 Å². The van der Waals surface area contributed by atoms with E-state index in [1.165, 1.54) is 27.7 Å². The van der Waals surface area contributed by atoms with Crippen LogP contribution in [-0.2, 0) is 6.42 Å². The summed E-state index contributed by atoms with van der Waals surface area (Å²) >= 11 is 0. The molecule has 2 aromatic carbocycles. The number of aryl methyl sites for hydroxylation is 2. The molecular formula is C17H17N. The van der Waals surface area contributed by atoms with E-state index < -0.39 is 0 Å². The number of aromatic nitrogens is 1. The second-order valence-electron chi connectivity index (χ2n) is 4.77. The van der Waals surface area contributed by atoms with Crippen molar-refractivity contribution in [3.63, 3.8) is 0 Å². The van der Waals surface area contributed by atoms with Gasteiger partial charge in [0.15, 0.2) is 0 Å². The Bertz CT molecular complexity index is 674. The van der Waals surface area contributed by atoms with E-state index in [9.17, 15) is 0 Å². The summed E-state index contributed by atoms with van der Waals surface area (Å²) in [7, 11) is 0. The predicted octanol–water partition coefficient (Wildman–Crippen LogP) is 4.50. The normalized spacial score (nSPS) is 11.0. The molecule has 3 aromatic rings. The maximum Gasteiger partial charge on any atom is 0.0531 e. The van der Waals surface area contributed by atoms with E-state index in [0.717, 1.165) is 6.42 Å². The van der Waals surface area contributed by atoms with E-state index in [1.807, 2.05) is 0 Å². The van der Waals surface area contributed by atoms with Crippen LogP contribution in [0, 0.1) is 6.92 Å². The van der Waals surface area contributed by atoms with Crippen LogP contribution in [0.1, 0.15) is 18.1 Å². The highest BCUT2D eigenvalue weighted by Crippen LogP contribution is 2.22. The number of rotatable bonds is 2. The highest BCUT2D eigenvalue weighted by Gasteiger charge is 2.03. The topological polar surface area (TPSA) is 4.93 Å². The quantitative estimate of drug-likeness (QED) is 0.616. The summed E-state index contributed by atoms with van der Waals surface area (Å²) in [5.41, 5.74) is 5.20. The molecule has 0 aliphatic carbocycles. The van der Waals surface area contributed by atoms with Gasteiger partial charge in [0.1, 0.15) is 0 Å². The molecule has 1 heteroatoms. The minimum atomic E-state index is 1.08. The van der Waals surface area contributed by atoms with Gasteiger partial charge in [-0.2, -0.15) is 0 Å². The van der Waals surface area contributed by atoms with Crippen molar-refractivity contribution in [3.8, 4) is 5.69 Å². The third-order valence-electron chi connectivity index (χ3n) is 3.48. The molecule has 0 spiro atoms. The Hall–Kier alpha value is -2.02. The number of fused-ring (bicyclic) bond motifs is 1. The number of nitrogens with zero attached hydrogens (tertiary/aromatic N) is 1. The zero-order valence-electron chi connectivity index (χ0n) is 10.9. The Morgan fingerprint density at radius 2 is 1.72 bits per heavy atom. The summed E-state index contributed by atoms with van der Waals surface area (Å²) in [5, 5.41) is 1.30. The summed E-state index contributed by atoms with van der Waals surface area (Å²) in [6.07, 6.45) is 3.23. The lowest BCUT2D eigenvalue weighted by atomic mass is 10.1. The maximum absolute atomic E-state index is 2.29. The van der Waals surface area contributed by atoms with E-state index in [1.54, 1.807) is 0 Å². The molecule has 0 radical (unpaired) electrons. The molecule has 0 amide bonds. The first kappa shape index (κ1) is 11.1. The standard InChI is InChI=1S/C17H17N/c1-3-14-6-7-15-10-11-18(17(15)12-14)16-8-4-13(2)5-9-16/h4-12H,3H2,1-2H3. The number of benzene rings is 2. The van der Waals surface area contributed by atoms with Gasteiger partial charge in [-0.05, 0) is 48.6 Å². The van der Waals surface area contributed by atoms with Crippen LogP contribution in [0.4, 0.5) is 0 Å². The summed E-state index contributed by atoms with van der Waals surface area (Å²) < 4.78 is 2.26. The third kappa shape index (κ3) is 1.82. The van der Waals surface area contributed by atoms with Crippen molar-refractivity contribution in [1.82, 2.24) is 4.57 Å². The van der Waals surface area contributed by atoms with Crippen LogP contribution in [0.25, 0.3) is 16.6 Å². The second kappa shape index (κ2) is 4.34. The van der Waals surface area contributed by atoms with Crippen LogP contribution in [0.5, 0.6) is 0 Å². The average molecular weight is 235 g/mol. The molecule has 1 heterocycles. The molecule has 90 valence electrons. The predicted molar refractivity (Wildman–Crippen MR) is 77.4 cm³/mol. The second-order valence-corrected chi connectivity index (χ2v) is 4.77. The van der Waals surface area contributed by atoms with Gasteiger partial charge in [-0.15, -0.1) is 0 Å². The lowest BCUT2D eigenvalue weighted by Gasteiger charge is -2.07. The van der Waals surface area contributed by atoms with Crippen molar-refractivity contribution >= 4 is 10.9 Å². The molecule has 0 N–H and O–H groups in total. The van der Waals surface area contributed by atoms with Gasteiger partial charge in [-0.1, -0.05) is 36.8 Å². The number of hydrogen-bond donors (Lipinski definition) is 0. The van der Waals surface area contributed by atoms with Gasteiger partial charge in [0, 0.05) is 11.9 Å². The van der Waals surface area contributed by atoms with Crippen LogP contribution < -0.4 is 0 Å². The van der Waals surface area contributed by atoms with Gasteiger partial charge in [0.25, 0.3) is 0 Å². The molecule has 0 fully saturated rings. The van der Waals surface area contributed by atoms with Crippen LogP contribution >= 0.6 is 0 Å². The molecule has 0 bridgehead atoms. The van der Waals surface area contributed by atoms with E-state index in [4.69, 9.17) is 0 Å². The van der Waals surface area contributed by atoms with Crippen LogP contribution in [0.15, 0.2) is 54.7 Å². The Labute approximate surface area is 108 Å². The Morgan fingerprint density at radius 3 is 2.44 bits per heavy atom. The molecule has 0 aliphatic rings. The first-order valence-electron chi connectivity index (χ1n) is 6.45. The lowest BCUT2D eigenvalue weighted by Crippen LogP contribution is -1.92. The molecule has 3 rings (SSSR count). The monoisotopic (exact) mass is 235 g/mol. The molecule has 0 atom stereocenters. The number of hydrogen-bond acceptors (Lipinski definition) is 0. The van der Waals surface area contributed by atoms with E-state index in [-0.39, 0.29) is 0 Å². The van der Waals surface area contributed by atoms with Crippen molar-refractivity contribution < 1.29 is 0 Å². The van der Waals surface area contributed by atoms with E-state index in [2.05, 4.69) is 73.1 Å². The van der Waals surface area contributed by atoms with Crippen LogP contribution in [0.3, 0.4) is 0 Å². The minimum absolute atomic E-state index is 1.08. The van der Waals surface area contributed by atoms with Gasteiger partial charge in [-0.25, -0.2) is 0 Å². The highest BCUT2D eigenvalue weighted by molar-refractivity contribution is 5.82. The van der Waals surface area contributed by atoms with Gasteiger partial charge in [0.2, 0.25) is 0 Å². The molecule has 1 nitrogen and oxygen atoms in total. The SMILES string of the molecule is CCc1ccc2ccn(-c3ccc(C)cc3)c2c1. The van der Waals surface area contributed by atoms with Crippen molar-refractivity contribution in [1.29, 1.82) is 0 Å². The fourth-order valence-corrected chi connectivity index (χ4v) is 2.32. The van der Waals surface area contributed by atoms with Crippen molar-refractivity contribution in [2.75, 3.05) is 0 Å². The zero-order valence-corrected chi connectivity index (χ0v) is 10.9. The van der Waals surface area contributed by atoms with Crippen LogP contribution in [0.2, 0.25) is 0 Å². The Kier molecular flexibility index (Phi) is 2.67. The molecule has 0 aliphatic heterocycles. The summed E-state index contributed by atoms with van der Waals surface area (Å²) in [4.78, 5) is 0. The largest absolute Gasteiger partial charge is 0.317 e. The van der Waals surface area contributed by atoms with Crippen molar-refractivity contribution in [2.45, 2.75) is 20.3 Å². The first-order valence-corrected chi connectivity index (χ1v) is 6.45. The maximum atomic E-state index is 2.29. The minimum Gasteiger partial charge on any atom is -0.317 e. The highest BCUT2D eigenvalue weighted by atomic mass is 15.0. The smallest absolute Gasteiger partial charge is 0.0531 e. The van der Waals surface area contributed by atoms with Gasteiger partial charge in [0.05, 0.1) is 5.52 Å². The summed E-state index contributed by atoms with van der Waals surface area (Å²) in [6.45, 7) is 4.31. The Morgan fingerprint density at radius 1 is 0.944 bits per heavy atom. The van der Waals surface area contributed by atoms with Crippen molar-refractivity contribution in [2.24, 2.45) is 0 Å². The van der Waals surface area contributed by atoms with Gasteiger partial charge < -0.3 is 4.57 Å². The average Bonchev–Trinajstić information content (AvgIpc) is 2.82. The fourth-order valence-electron chi connectivity index (χ4n) is 2.32. The zero-order chi connectivity index (χ0) is 12.5. The molecule has 0 saturated carbocycles.